The van der Waals surface area contributed by atoms with Gasteiger partial charge in [0, 0.05) is 5.92 Å². The summed E-state index contributed by atoms with van der Waals surface area (Å²) in [7, 11) is 0. The zero-order valence-electron chi connectivity index (χ0n) is 9.19. The van der Waals surface area contributed by atoms with Crippen LogP contribution in [0.25, 0.3) is 0 Å². The van der Waals surface area contributed by atoms with Crippen molar-refractivity contribution in [3.05, 3.63) is 33.8 Å². The molecule has 1 nitrogen and oxygen atoms in total. The smallest absolute Gasteiger partial charge is 0.168 e. The summed E-state index contributed by atoms with van der Waals surface area (Å²) >= 11 is 2.87. The van der Waals surface area contributed by atoms with Crippen molar-refractivity contribution in [1.82, 2.24) is 0 Å². The van der Waals surface area contributed by atoms with Crippen LogP contribution >= 0.6 is 15.9 Å². The lowest BCUT2D eigenvalue weighted by Crippen LogP contribution is -2.13. The molecule has 1 unspecified atom stereocenters. The number of benzene rings is 1. The summed E-state index contributed by atoms with van der Waals surface area (Å²) in [6, 6.07) is 1.94. The van der Waals surface area contributed by atoms with Gasteiger partial charge in [-0.25, -0.2) is 8.78 Å². The van der Waals surface area contributed by atoms with Crippen molar-refractivity contribution in [1.29, 1.82) is 0 Å². The van der Waals surface area contributed by atoms with Crippen molar-refractivity contribution in [3.8, 4) is 0 Å². The third kappa shape index (κ3) is 2.88. The summed E-state index contributed by atoms with van der Waals surface area (Å²) in [5, 5.41) is 0. The lowest BCUT2D eigenvalue weighted by Gasteiger charge is -2.10. The average Bonchev–Trinajstić information content (AvgIpc) is 2.23. The van der Waals surface area contributed by atoms with Crippen LogP contribution in [0.2, 0.25) is 0 Å². The summed E-state index contributed by atoms with van der Waals surface area (Å²) in [6.45, 7) is 3.67. The fourth-order valence-corrected chi connectivity index (χ4v) is 1.86. The van der Waals surface area contributed by atoms with Gasteiger partial charge in [-0.1, -0.05) is 20.3 Å². The van der Waals surface area contributed by atoms with Gasteiger partial charge in [0.05, 0.1) is 10.0 Å². The van der Waals surface area contributed by atoms with Gasteiger partial charge < -0.3 is 0 Å². The molecule has 4 heteroatoms. The van der Waals surface area contributed by atoms with Crippen LogP contribution in [0.3, 0.4) is 0 Å². The first-order chi connectivity index (χ1) is 7.47. The maximum atomic E-state index is 13.5. The molecule has 0 radical (unpaired) electrons. The fraction of sp³-hybridized carbons (Fsp3) is 0.417. The van der Waals surface area contributed by atoms with Crippen LogP contribution in [0.5, 0.6) is 0 Å². The Labute approximate surface area is 102 Å². The molecule has 0 heterocycles. The monoisotopic (exact) mass is 290 g/mol. The normalized spacial score (nSPS) is 12.6. The van der Waals surface area contributed by atoms with Gasteiger partial charge in [0.25, 0.3) is 0 Å². The minimum absolute atomic E-state index is 0.0321. The second kappa shape index (κ2) is 5.53. The lowest BCUT2D eigenvalue weighted by atomic mass is 9.95. The van der Waals surface area contributed by atoms with Crippen LogP contribution in [0, 0.1) is 17.6 Å². The zero-order valence-corrected chi connectivity index (χ0v) is 10.8. The SMILES string of the molecule is CCCC(C)C(=O)c1cc(F)c(Br)cc1F. The first-order valence-electron chi connectivity index (χ1n) is 5.16. The second-order valence-electron chi connectivity index (χ2n) is 3.80. The molecule has 1 rings (SSSR count). The largest absolute Gasteiger partial charge is 0.294 e. The van der Waals surface area contributed by atoms with Crippen molar-refractivity contribution < 1.29 is 13.6 Å². The maximum absolute atomic E-state index is 13.5. The van der Waals surface area contributed by atoms with Crippen LogP contribution in [0.1, 0.15) is 37.0 Å². The topological polar surface area (TPSA) is 17.1 Å². The van der Waals surface area contributed by atoms with E-state index in [0.717, 1.165) is 18.6 Å². The number of ketones is 1. The van der Waals surface area contributed by atoms with Gasteiger partial charge in [0.2, 0.25) is 0 Å². The summed E-state index contributed by atoms with van der Waals surface area (Å²) in [6.07, 6.45) is 1.52. The van der Waals surface area contributed by atoms with Crippen molar-refractivity contribution >= 4 is 21.7 Å². The lowest BCUT2D eigenvalue weighted by molar-refractivity contribution is 0.0919. The molecule has 0 spiro atoms. The Hall–Kier alpha value is -0.770. The quantitative estimate of drug-likeness (QED) is 0.595. The molecule has 0 saturated carbocycles. The van der Waals surface area contributed by atoms with Gasteiger partial charge in [-0.15, -0.1) is 0 Å². The van der Waals surface area contributed by atoms with Crippen LogP contribution < -0.4 is 0 Å². The van der Waals surface area contributed by atoms with Gasteiger partial charge in [0.1, 0.15) is 11.6 Å². The number of Topliss-reactive ketones (excluding diaryl/α,β-unsaturated/α-hetero) is 1. The first-order valence-corrected chi connectivity index (χ1v) is 5.95. The molecule has 0 aliphatic heterocycles. The average molecular weight is 291 g/mol. The van der Waals surface area contributed by atoms with E-state index in [4.69, 9.17) is 0 Å². The van der Waals surface area contributed by atoms with E-state index in [9.17, 15) is 13.6 Å². The molecule has 16 heavy (non-hydrogen) atoms. The summed E-state index contributed by atoms with van der Waals surface area (Å²) < 4.78 is 26.7. The van der Waals surface area contributed by atoms with Crippen molar-refractivity contribution in [3.63, 3.8) is 0 Å². The van der Waals surface area contributed by atoms with E-state index in [1.165, 1.54) is 0 Å². The highest BCUT2D eigenvalue weighted by Gasteiger charge is 2.19. The van der Waals surface area contributed by atoms with E-state index >= 15 is 0 Å². The highest BCUT2D eigenvalue weighted by molar-refractivity contribution is 9.10. The first kappa shape index (κ1) is 13.3. The van der Waals surface area contributed by atoms with E-state index < -0.39 is 11.6 Å². The van der Waals surface area contributed by atoms with Crippen LogP contribution in [0.15, 0.2) is 16.6 Å². The number of hydrogen-bond donors (Lipinski definition) is 0. The third-order valence-electron chi connectivity index (χ3n) is 2.44. The van der Waals surface area contributed by atoms with E-state index in [2.05, 4.69) is 15.9 Å². The molecule has 0 N–H and O–H groups in total. The van der Waals surface area contributed by atoms with Crippen LogP contribution in [-0.2, 0) is 0 Å². The van der Waals surface area contributed by atoms with Gasteiger partial charge in [-0.3, -0.25) is 4.79 Å². The number of rotatable bonds is 4. The van der Waals surface area contributed by atoms with E-state index in [1.54, 1.807) is 6.92 Å². The van der Waals surface area contributed by atoms with Crippen molar-refractivity contribution in [2.24, 2.45) is 5.92 Å². The van der Waals surface area contributed by atoms with Gasteiger partial charge in [-0.2, -0.15) is 0 Å². The van der Waals surface area contributed by atoms with E-state index in [0.29, 0.717) is 6.42 Å². The molecule has 1 aromatic carbocycles. The molecular formula is C12H13BrF2O. The van der Waals surface area contributed by atoms with Gasteiger partial charge in [-0.05, 0) is 34.5 Å². The number of hydrogen-bond acceptors (Lipinski definition) is 1. The van der Waals surface area contributed by atoms with Gasteiger partial charge in [0.15, 0.2) is 5.78 Å². The van der Waals surface area contributed by atoms with E-state index in [1.807, 2.05) is 6.92 Å². The number of halogens is 3. The van der Waals surface area contributed by atoms with Crippen LogP contribution in [0.4, 0.5) is 8.78 Å². The molecule has 0 amide bonds. The minimum atomic E-state index is -0.679. The molecule has 0 fully saturated rings. The highest BCUT2D eigenvalue weighted by Crippen LogP contribution is 2.23. The Morgan fingerprint density at radius 2 is 2.00 bits per heavy atom. The predicted octanol–water partition coefficient (Wildman–Crippen LogP) is 4.35. The Morgan fingerprint density at radius 1 is 1.38 bits per heavy atom. The number of carbonyl (C=O) groups is 1. The summed E-state index contributed by atoms with van der Waals surface area (Å²) in [5.74, 6) is -1.92. The van der Waals surface area contributed by atoms with Crippen molar-refractivity contribution in [2.45, 2.75) is 26.7 Å². The van der Waals surface area contributed by atoms with Crippen LogP contribution in [-0.4, -0.2) is 5.78 Å². The molecule has 1 aromatic rings. The summed E-state index contributed by atoms with van der Waals surface area (Å²) in [5.41, 5.74) is -0.165. The Kier molecular flexibility index (Phi) is 4.59. The standard InChI is InChI=1S/C12H13BrF2O/c1-3-4-7(2)12(16)8-5-11(15)9(13)6-10(8)14/h5-7H,3-4H2,1-2H3. The molecule has 0 bridgehead atoms. The number of carbonyl (C=O) groups excluding carboxylic acids is 1. The predicted molar refractivity (Wildman–Crippen MR) is 62.5 cm³/mol. The Bertz CT molecular complexity index is 404. The summed E-state index contributed by atoms with van der Waals surface area (Å²) in [4.78, 5) is 11.8. The molecule has 88 valence electrons. The Morgan fingerprint density at radius 3 is 2.56 bits per heavy atom. The second-order valence-corrected chi connectivity index (χ2v) is 4.65. The Balaban J connectivity index is 3.04. The molecule has 0 saturated heterocycles. The van der Waals surface area contributed by atoms with E-state index in [-0.39, 0.29) is 21.7 Å². The highest BCUT2D eigenvalue weighted by atomic mass is 79.9. The molecule has 0 aliphatic carbocycles. The van der Waals surface area contributed by atoms with Crippen molar-refractivity contribution in [2.75, 3.05) is 0 Å². The zero-order chi connectivity index (χ0) is 12.3. The maximum Gasteiger partial charge on any atom is 0.168 e. The third-order valence-corrected chi connectivity index (χ3v) is 3.05. The van der Waals surface area contributed by atoms with Gasteiger partial charge >= 0.3 is 0 Å². The molecule has 0 aromatic heterocycles. The minimum Gasteiger partial charge on any atom is -0.294 e. The molecule has 1 atom stereocenters. The molecule has 0 aliphatic rings. The fourth-order valence-electron chi connectivity index (χ4n) is 1.54. The molecular weight excluding hydrogens is 278 g/mol.